The van der Waals surface area contributed by atoms with Crippen molar-refractivity contribution in [1.82, 2.24) is 0 Å². The maximum Gasteiger partial charge on any atom is 0.379 e. The lowest BCUT2D eigenvalue weighted by molar-refractivity contribution is -0.137. The predicted octanol–water partition coefficient (Wildman–Crippen LogP) is 5.11. The van der Waals surface area contributed by atoms with E-state index in [-0.39, 0.29) is 13.4 Å². The highest BCUT2D eigenvalue weighted by atomic mass is 16.7. The maximum absolute atomic E-state index is 13.0. The largest absolute Gasteiger partial charge is 0.467 e. The van der Waals surface area contributed by atoms with Crippen molar-refractivity contribution in [2.24, 2.45) is 0 Å². The molecule has 0 saturated heterocycles. The van der Waals surface area contributed by atoms with E-state index in [1.807, 2.05) is 36.4 Å². The fourth-order valence-electron chi connectivity index (χ4n) is 3.77. The average molecular weight is 421 g/mol. The van der Waals surface area contributed by atoms with Crippen molar-refractivity contribution in [1.29, 1.82) is 0 Å². The zero-order valence-corrected chi connectivity index (χ0v) is 18.3. The Balaban J connectivity index is 2.26. The normalized spacial score (nSPS) is 10.8. The Bertz CT molecular complexity index is 1060. The van der Waals surface area contributed by atoms with E-state index in [2.05, 4.69) is 19.1 Å². The number of fused-ring (bicyclic) bond motifs is 1. The van der Waals surface area contributed by atoms with Crippen molar-refractivity contribution >= 4 is 22.5 Å². The van der Waals surface area contributed by atoms with Gasteiger partial charge in [0, 0.05) is 18.1 Å². The molecule has 0 radical (unpaired) electrons. The number of methoxy groups -OCH3 is 1. The smallest absolute Gasteiger partial charge is 0.379 e. The molecule has 0 saturated carbocycles. The molecule has 0 bridgehead atoms. The summed E-state index contributed by atoms with van der Waals surface area (Å²) in [7, 11) is 1.57. The Morgan fingerprint density at radius 3 is 2.39 bits per heavy atom. The number of ketones is 1. The predicted molar refractivity (Wildman–Crippen MR) is 121 cm³/mol. The Hall–Kier alpha value is -3.18. The molecular formula is C26H28O5. The van der Waals surface area contributed by atoms with E-state index in [0.29, 0.717) is 29.5 Å². The molecule has 0 spiro atoms. The van der Waals surface area contributed by atoms with Gasteiger partial charge in [-0.15, -0.1) is 0 Å². The van der Waals surface area contributed by atoms with Crippen molar-refractivity contribution in [3.63, 3.8) is 0 Å². The highest BCUT2D eigenvalue weighted by molar-refractivity contribution is 6.43. The number of carbonyl (C=O) groups excluding carboxylic acids is 2. The van der Waals surface area contributed by atoms with E-state index < -0.39 is 11.8 Å². The lowest BCUT2D eigenvalue weighted by atomic mass is 9.90. The topological polar surface area (TPSA) is 61.8 Å². The molecule has 5 heteroatoms. The van der Waals surface area contributed by atoms with Crippen LogP contribution in [0.15, 0.2) is 54.6 Å². The first-order chi connectivity index (χ1) is 15.1. The zero-order valence-electron chi connectivity index (χ0n) is 18.3. The summed E-state index contributed by atoms with van der Waals surface area (Å²) in [5, 5.41) is 1.51. The Kier molecular flexibility index (Phi) is 7.79. The van der Waals surface area contributed by atoms with Crippen LogP contribution in [0.25, 0.3) is 10.8 Å². The molecule has 3 aromatic carbocycles. The van der Waals surface area contributed by atoms with Gasteiger partial charge in [-0.25, -0.2) is 4.79 Å². The maximum atomic E-state index is 13.0. The quantitative estimate of drug-likeness (QED) is 0.197. The number of aryl methyl sites for hydroxylation is 1. The van der Waals surface area contributed by atoms with Gasteiger partial charge in [-0.2, -0.15) is 0 Å². The molecule has 5 nitrogen and oxygen atoms in total. The lowest BCUT2D eigenvalue weighted by Gasteiger charge is -2.19. The summed E-state index contributed by atoms with van der Waals surface area (Å²) in [6.45, 7) is 3.99. The molecule has 0 aliphatic heterocycles. The third-order valence-corrected chi connectivity index (χ3v) is 5.06. The van der Waals surface area contributed by atoms with Crippen LogP contribution in [-0.4, -0.2) is 32.3 Å². The van der Waals surface area contributed by atoms with Gasteiger partial charge < -0.3 is 14.2 Å². The second-order valence-electron chi connectivity index (χ2n) is 7.26. The first-order valence-electron chi connectivity index (χ1n) is 10.5. The molecule has 31 heavy (non-hydrogen) atoms. The number of benzene rings is 3. The number of esters is 1. The second-order valence-corrected chi connectivity index (χ2v) is 7.26. The molecule has 0 atom stereocenters. The van der Waals surface area contributed by atoms with E-state index in [1.165, 1.54) is 0 Å². The third kappa shape index (κ3) is 5.12. The monoisotopic (exact) mass is 420 g/mol. The van der Waals surface area contributed by atoms with Gasteiger partial charge in [0.15, 0.2) is 6.79 Å². The van der Waals surface area contributed by atoms with Crippen LogP contribution in [0.3, 0.4) is 0 Å². The highest BCUT2D eigenvalue weighted by Gasteiger charge is 2.24. The molecule has 0 unspecified atom stereocenters. The molecule has 0 fully saturated rings. The van der Waals surface area contributed by atoms with E-state index in [1.54, 1.807) is 20.1 Å². The van der Waals surface area contributed by atoms with Gasteiger partial charge in [0.1, 0.15) is 5.75 Å². The second kappa shape index (κ2) is 10.7. The average Bonchev–Trinajstić information content (AvgIpc) is 2.78. The number of ether oxygens (including phenoxy) is 3. The molecule has 0 aliphatic carbocycles. The van der Waals surface area contributed by atoms with Crippen LogP contribution in [0.4, 0.5) is 0 Å². The van der Waals surface area contributed by atoms with Crippen LogP contribution in [0.2, 0.25) is 0 Å². The summed E-state index contributed by atoms with van der Waals surface area (Å²) in [6, 6.07) is 17.7. The van der Waals surface area contributed by atoms with Crippen molar-refractivity contribution in [2.45, 2.75) is 33.1 Å². The number of rotatable bonds is 10. The van der Waals surface area contributed by atoms with Crippen LogP contribution < -0.4 is 4.74 Å². The summed E-state index contributed by atoms with van der Waals surface area (Å²) >= 11 is 0. The standard InChI is InChI=1S/C26H28O5/c1-4-10-20-16-22(24(27)26(28)30-5-2)21-14-9-13-19(15-18-11-7-6-8-12-18)23(21)25(20)31-17-29-3/h6-9,11-14,16H,4-5,10,15,17H2,1-3H3. The minimum atomic E-state index is -0.842. The third-order valence-electron chi connectivity index (χ3n) is 5.06. The molecule has 162 valence electrons. The van der Waals surface area contributed by atoms with Crippen molar-refractivity contribution in [3.05, 3.63) is 76.9 Å². The number of hydrogen-bond donors (Lipinski definition) is 0. The van der Waals surface area contributed by atoms with E-state index in [4.69, 9.17) is 14.2 Å². The van der Waals surface area contributed by atoms with E-state index in [9.17, 15) is 9.59 Å². The summed E-state index contributed by atoms with van der Waals surface area (Å²) < 4.78 is 16.2. The summed E-state index contributed by atoms with van der Waals surface area (Å²) in [4.78, 5) is 25.2. The highest BCUT2D eigenvalue weighted by Crippen LogP contribution is 2.37. The molecule has 3 aromatic rings. The number of Topliss-reactive ketones (excluding diaryl/α,β-unsaturated/α-hetero) is 1. The Labute approximate surface area is 182 Å². The van der Waals surface area contributed by atoms with Gasteiger partial charge >= 0.3 is 5.97 Å². The SMILES string of the molecule is CCCc1cc(C(=O)C(=O)OCC)c2cccc(Cc3ccccc3)c2c1OCOC. The van der Waals surface area contributed by atoms with Crippen LogP contribution in [0.1, 0.15) is 47.3 Å². The first kappa shape index (κ1) is 22.5. The first-order valence-corrected chi connectivity index (χ1v) is 10.5. The van der Waals surface area contributed by atoms with Gasteiger partial charge in [0.2, 0.25) is 0 Å². The Morgan fingerprint density at radius 2 is 1.71 bits per heavy atom. The van der Waals surface area contributed by atoms with E-state index in [0.717, 1.165) is 28.5 Å². The van der Waals surface area contributed by atoms with Gasteiger partial charge in [-0.3, -0.25) is 4.79 Å². The van der Waals surface area contributed by atoms with Crippen LogP contribution in [0.5, 0.6) is 5.75 Å². The number of carbonyl (C=O) groups is 2. The molecule has 0 aromatic heterocycles. The van der Waals surface area contributed by atoms with Gasteiger partial charge in [-0.1, -0.05) is 61.9 Å². The lowest BCUT2D eigenvalue weighted by Crippen LogP contribution is -2.18. The van der Waals surface area contributed by atoms with Crippen LogP contribution in [0, 0.1) is 0 Å². The molecule has 0 aliphatic rings. The Morgan fingerprint density at radius 1 is 0.935 bits per heavy atom. The zero-order chi connectivity index (χ0) is 22.2. The molecule has 3 rings (SSSR count). The van der Waals surface area contributed by atoms with Crippen molar-refractivity contribution < 1.29 is 23.8 Å². The number of hydrogen-bond acceptors (Lipinski definition) is 5. The fourth-order valence-corrected chi connectivity index (χ4v) is 3.77. The van der Waals surface area contributed by atoms with Crippen LogP contribution in [-0.2, 0) is 27.1 Å². The summed E-state index contributed by atoms with van der Waals surface area (Å²) in [5.41, 5.74) is 3.38. The van der Waals surface area contributed by atoms with Crippen LogP contribution >= 0.6 is 0 Å². The molecular weight excluding hydrogens is 392 g/mol. The van der Waals surface area contributed by atoms with Crippen molar-refractivity contribution in [3.8, 4) is 5.75 Å². The van der Waals surface area contributed by atoms with Gasteiger partial charge in [-0.05, 0) is 47.9 Å². The summed E-state index contributed by atoms with van der Waals surface area (Å²) in [5.74, 6) is -0.782. The van der Waals surface area contributed by atoms with Gasteiger partial charge in [0.05, 0.1) is 6.61 Å². The van der Waals surface area contributed by atoms with Crippen molar-refractivity contribution in [2.75, 3.05) is 20.5 Å². The fraction of sp³-hybridized carbons (Fsp3) is 0.308. The summed E-state index contributed by atoms with van der Waals surface area (Å²) in [6.07, 6.45) is 2.24. The minimum absolute atomic E-state index is 0.0939. The van der Waals surface area contributed by atoms with Gasteiger partial charge in [0.25, 0.3) is 5.78 Å². The molecule has 0 amide bonds. The molecule has 0 heterocycles. The van der Waals surface area contributed by atoms with E-state index >= 15 is 0 Å². The molecule has 0 N–H and O–H groups in total. The minimum Gasteiger partial charge on any atom is -0.467 e.